The zero-order valence-electron chi connectivity index (χ0n) is 22.5. The van der Waals surface area contributed by atoms with Crippen molar-refractivity contribution in [2.75, 3.05) is 4.90 Å². The van der Waals surface area contributed by atoms with Crippen LogP contribution in [0, 0.1) is 0 Å². The van der Waals surface area contributed by atoms with E-state index in [1.54, 1.807) is 0 Å². The monoisotopic (exact) mass is 537 g/mol. The highest BCUT2D eigenvalue weighted by molar-refractivity contribution is 6.04. The smallest absolute Gasteiger partial charge is 0.145 e. The van der Waals surface area contributed by atoms with E-state index in [1.165, 1.54) is 0 Å². The van der Waals surface area contributed by atoms with Gasteiger partial charge in [0.05, 0.1) is 44.8 Å². The summed E-state index contributed by atoms with van der Waals surface area (Å²) in [4.78, 5) is 17.1. The van der Waals surface area contributed by atoms with Crippen molar-refractivity contribution in [2.45, 2.75) is 0 Å². The van der Waals surface area contributed by atoms with Gasteiger partial charge in [0.15, 0.2) is 0 Å². The van der Waals surface area contributed by atoms with Gasteiger partial charge in [0.25, 0.3) is 0 Å². The SMILES string of the molecule is c1ccc(-c2nc3cccc4c3n2-c2ccccc2N4c2ccc(-c3ccc4ccc5cccnc5c4n3)cc2)cc1. The van der Waals surface area contributed by atoms with Crippen LogP contribution in [-0.2, 0) is 0 Å². The Morgan fingerprint density at radius 3 is 2.07 bits per heavy atom. The lowest BCUT2D eigenvalue weighted by Crippen LogP contribution is -2.18. The van der Waals surface area contributed by atoms with Crippen molar-refractivity contribution in [3.05, 3.63) is 140 Å². The van der Waals surface area contributed by atoms with Crippen molar-refractivity contribution in [1.29, 1.82) is 0 Å². The van der Waals surface area contributed by atoms with Crippen molar-refractivity contribution < 1.29 is 0 Å². The summed E-state index contributed by atoms with van der Waals surface area (Å²) in [6.45, 7) is 0. The van der Waals surface area contributed by atoms with Gasteiger partial charge in [-0.1, -0.05) is 84.9 Å². The Kier molecular flexibility index (Phi) is 4.83. The summed E-state index contributed by atoms with van der Waals surface area (Å²) in [5.41, 5.74) is 11.4. The van der Waals surface area contributed by atoms with E-state index < -0.39 is 0 Å². The molecule has 0 saturated heterocycles. The quantitative estimate of drug-likeness (QED) is 0.211. The van der Waals surface area contributed by atoms with Crippen LogP contribution in [0.15, 0.2) is 140 Å². The number of imidazole rings is 1. The first-order valence-electron chi connectivity index (χ1n) is 14.0. The Labute approximate surface area is 242 Å². The molecule has 8 aromatic rings. The van der Waals surface area contributed by atoms with Crippen LogP contribution in [0.4, 0.5) is 17.1 Å². The minimum absolute atomic E-state index is 0.925. The van der Waals surface area contributed by atoms with E-state index in [9.17, 15) is 0 Å². The molecule has 5 aromatic carbocycles. The van der Waals surface area contributed by atoms with Gasteiger partial charge in [0, 0.05) is 33.8 Å². The number of hydrogen-bond acceptors (Lipinski definition) is 4. The maximum absolute atomic E-state index is 5.10. The fourth-order valence-electron chi connectivity index (χ4n) is 6.22. The third-order valence-electron chi connectivity index (χ3n) is 8.15. The van der Waals surface area contributed by atoms with Crippen molar-refractivity contribution in [2.24, 2.45) is 0 Å². The normalized spacial score (nSPS) is 12.2. The average Bonchev–Trinajstić information content (AvgIpc) is 3.46. The zero-order chi connectivity index (χ0) is 27.6. The number of hydrogen-bond donors (Lipinski definition) is 0. The lowest BCUT2D eigenvalue weighted by molar-refractivity contribution is 1.06. The first kappa shape index (κ1) is 22.9. The third-order valence-corrected chi connectivity index (χ3v) is 8.15. The number of rotatable bonds is 3. The first-order chi connectivity index (χ1) is 20.8. The molecule has 0 radical (unpaired) electrons. The van der Waals surface area contributed by atoms with E-state index in [4.69, 9.17) is 9.97 Å². The fraction of sp³-hybridized carbons (Fsp3) is 0. The number of pyridine rings is 2. The predicted octanol–water partition coefficient (Wildman–Crippen LogP) is 9.24. The summed E-state index contributed by atoms with van der Waals surface area (Å²) >= 11 is 0. The molecule has 0 spiro atoms. The largest absolute Gasteiger partial charge is 0.306 e. The second-order valence-corrected chi connectivity index (χ2v) is 10.6. The molecular weight excluding hydrogens is 514 g/mol. The molecule has 0 N–H and O–H groups in total. The lowest BCUT2D eigenvalue weighted by atomic mass is 10.1. The van der Waals surface area contributed by atoms with Gasteiger partial charge in [0.1, 0.15) is 5.82 Å². The molecule has 42 heavy (non-hydrogen) atoms. The highest BCUT2D eigenvalue weighted by Gasteiger charge is 2.29. The summed E-state index contributed by atoms with van der Waals surface area (Å²) in [7, 11) is 0. The predicted molar refractivity (Wildman–Crippen MR) is 171 cm³/mol. The van der Waals surface area contributed by atoms with Crippen LogP contribution in [0.3, 0.4) is 0 Å². The molecule has 3 aromatic heterocycles. The van der Waals surface area contributed by atoms with Crippen molar-refractivity contribution in [1.82, 2.24) is 19.5 Å². The molecular formula is C37H23N5. The second-order valence-electron chi connectivity index (χ2n) is 10.6. The molecule has 1 aliphatic heterocycles. The molecule has 5 heteroatoms. The van der Waals surface area contributed by atoms with Crippen molar-refractivity contribution >= 4 is 49.9 Å². The standard InChI is InChI=1S/C37H23N5/c1-2-8-27(9-3-1)37-40-30-11-6-14-33-36(30)42(37)32-13-5-4-12-31(32)41(33)28-20-17-24(18-21-28)29-22-19-26-16-15-25-10-7-23-38-34(25)35(26)39-29/h1-23H. The average molecular weight is 538 g/mol. The Bertz CT molecular complexity index is 2300. The van der Waals surface area contributed by atoms with E-state index in [2.05, 4.69) is 136 Å². The van der Waals surface area contributed by atoms with Crippen LogP contribution in [0.2, 0.25) is 0 Å². The van der Waals surface area contributed by atoms with E-state index >= 15 is 0 Å². The van der Waals surface area contributed by atoms with E-state index in [0.717, 1.165) is 78.2 Å². The minimum atomic E-state index is 0.925. The molecule has 0 fully saturated rings. The van der Waals surface area contributed by atoms with Gasteiger partial charge in [0.2, 0.25) is 0 Å². The third kappa shape index (κ3) is 3.34. The number of nitrogens with zero attached hydrogens (tertiary/aromatic N) is 5. The molecule has 0 atom stereocenters. The number of benzene rings is 5. The van der Waals surface area contributed by atoms with Crippen LogP contribution in [-0.4, -0.2) is 19.5 Å². The van der Waals surface area contributed by atoms with Crippen molar-refractivity contribution in [3.8, 4) is 28.3 Å². The maximum Gasteiger partial charge on any atom is 0.145 e. The second kappa shape index (κ2) is 8.85. The Morgan fingerprint density at radius 2 is 1.21 bits per heavy atom. The van der Waals surface area contributed by atoms with Gasteiger partial charge in [-0.05, 0) is 48.5 Å². The van der Waals surface area contributed by atoms with Crippen LogP contribution >= 0.6 is 0 Å². The number of aromatic nitrogens is 4. The molecule has 0 unspecified atom stereocenters. The van der Waals surface area contributed by atoms with Gasteiger partial charge < -0.3 is 4.90 Å². The van der Waals surface area contributed by atoms with Gasteiger partial charge >= 0.3 is 0 Å². The molecule has 1 aliphatic rings. The summed E-state index contributed by atoms with van der Waals surface area (Å²) < 4.78 is 2.30. The summed E-state index contributed by atoms with van der Waals surface area (Å²) in [5.74, 6) is 0.949. The summed E-state index contributed by atoms with van der Waals surface area (Å²) in [5, 5.41) is 2.18. The highest BCUT2D eigenvalue weighted by atomic mass is 15.2. The van der Waals surface area contributed by atoms with Crippen molar-refractivity contribution in [3.63, 3.8) is 0 Å². The summed E-state index contributed by atoms with van der Waals surface area (Å²) in [6.07, 6.45) is 1.83. The van der Waals surface area contributed by atoms with Crippen LogP contribution in [0.1, 0.15) is 0 Å². The molecule has 196 valence electrons. The Morgan fingerprint density at radius 1 is 0.476 bits per heavy atom. The molecule has 0 saturated carbocycles. The molecule has 0 bridgehead atoms. The van der Waals surface area contributed by atoms with Gasteiger partial charge in [-0.15, -0.1) is 0 Å². The maximum atomic E-state index is 5.10. The van der Waals surface area contributed by atoms with E-state index in [-0.39, 0.29) is 0 Å². The molecule has 4 heterocycles. The van der Waals surface area contributed by atoms with Gasteiger partial charge in [-0.3, -0.25) is 9.55 Å². The summed E-state index contributed by atoms with van der Waals surface area (Å²) in [6, 6.07) is 46.5. The van der Waals surface area contributed by atoms with E-state index in [1.807, 2.05) is 18.3 Å². The topological polar surface area (TPSA) is 46.8 Å². The molecule has 5 nitrogen and oxygen atoms in total. The van der Waals surface area contributed by atoms with Crippen LogP contribution in [0.5, 0.6) is 0 Å². The Hall–Kier alpha value is -5.81. The minimum Gasteiger partial charge on any atom is -0.306 e. The molecule has 0 amide bonds. The fourth-order valence-corrected chi connectivity index (χ4v) is 6.22. The van der Waals surface area contributed by atoms with E-state index in [0.29, 0.717) is 0 Å². The zero-order valence-corrected chi connectivity index (χ0v) is 22.5. The number of fused-ring (bicyclic) bond motifs is 5. The first-order valence-corrected chi connectivity index (χ1v) is 14.0. The Balaban J connectivity index is 1.19. The highest BCUT2D eigenvalue weighted by Crippen LogP contribution is 2.48. The molecule has 0 aliphatic carbocycles. The van der Waals surface area contributed by atoms with Crippen LogP contribution in [0.25, 0.3) is 61.2 Å². The number of para-hydroxylation sites is 3. The molecule has 9 rings (SSSR count). The van der Waals surface area contributed by atoms with Gasteiger partial charge in [-0.2, -0.15) is 0 Å². The number of anilines is 3. The van der Waals surface area contributed by atoms with Crippen LogP contribution < -0.4 is 4.90 Å². The lowest BCUT2D eigenvalue weighted by Gasteiger charge is -2.33. The van der Waals surface area contributed by atoms with Gasteiger partial charge in [-0.25, -0.2) is 9.97 Å².